The third-order valence-electron chi connectivity index (χ3n) is 5.04. The molecule has 3 aromatic rings. The number of methoxy groups -OCH3 is 2. The molecule has 1 aliphatic heterocycles. The Morgan fingerprint density at radius 3 is 2.39 bits per heavy atom. The molecule has 0 aromatic heterocycles. The summed E-state index contributed by atoms with van der Waals surface area (Å²) in [4.78, 5) is 14.6. The Morgan fingerprint density at radius 1 is 0.970 bits per heavy atom. The van der Waals surface area contributed by atoms with Crippen LogP contribution < -0.4 is 24.4 Å². The molecule has 0 radical (unpaired) electrons. The Labute approximate surface area is 202 Å². The van der Waals surface area contributed by atoms with Crippen molar-refractivity contribution in [2.75, 3.05) is 19.1 Å². The molecule has 1 amide bonds. The van der Waals surface area contributed by atoms with E-state index in [0.29, 0.717) is 33.7 Å². The van der Waals surface area contributed by atoms with E-state index in [1.54, 1.807) is 44.6 Å². The van der Waals surface area contributed by atoms with Crippen molar-refractivity contribution in [3.63, 3.8) is 0 Å². The lowest BCUT2D eigenvalue weighted by Gasteiger charge is -2.17. The van der Waals surface area contributed by atoms with Crippen molar-refractivity contribution < 1.29 is 19.0 Å². The summed E-state index contributed by atoms with van der Waals surface area (Å²) >= 11 is 11.6. The quantitative estimate of drug-likeness (QED) is 0.370. The Balaban J connectivity index is 1.60. The fraction of sp³-hybridized carbons (Fsp3) is 0.120. The second-order valence-corrected chi connectivity index (χ2v) is 7.88. The molecule has 1 heterocycles. The molecule has 0 saturated carbocycles. The molecule has 8 heteroatoms. The van der Waals surface area contributed by atoms with Gasteiger partial charge in [0.25, 0.3) is 5.91 Å². The van der Waals surface area contributed by atoms with E-state index < -0.39 is 0 Å². The first-order chi connectivity index (χ1) is 16.0. The van der Waals surface area contributed by atoms with Crippen LogP contribution in [-0.2, 0) is 11.4 Å². The largest absolute Gasteiger partial charge is 0.496 e. The molecule has 1 N–H and O–H groups in total. The van der Waals surface area contributed by atoms with Crippen LogP contribution in [0, 0.1) is 0 Å². The fourth-order valence-corrected chi connectivity index (χ4v) is 3.93. The van der Waals surface area contributed by atoms with Gasteiger partial charge >= 0.3 is 0 Å². The van der Waals surface area contributed by atoms with Crippen molar-refractivity contribution in [1.82, 2.24) is 5.32 Å². The van der Waals surface area contributed by atoms with E-state index in [9.17, 15) is 4.79 Å². The normalized spacial score (nSPS) is 14.4. The maximum atomic E-state index is 13.1. The molecule has 3 aromatic carbocycles. The van der Waals surface area contributed by atoms with E-state index in [1.807, 2.05) is 42.5 Å². The Hall–Kier alpha value is -3.55. The summed E-state index contributed by atoms with van der Waals surface area (Å²) in [5.74, 6) is 1.53. The zero-order valence-corrected chi connectivity index (χ0v) is 19.6. The average molecular weight is 481 g/mol. The van der Waals surface area contributed by atoms with E-state index in [1.165, 1.54) is 4.90 Å². The summed E-state index contributed by atoms with van der Waals surface area (Å²) in [7, 11) is 3.15. The highest BCUT2D eigenvalue weighted by molar-refractivity contribution is 7.80. The number of rotatable bonds is 7. The molecular weight excluding hydrogens is 460 g/mol. The van der Waals surface area contributed by atoms with Gasteiger partial charge in [0.15, 0.2) is 5.11 Å². The summed E-state index contributed by atoms with van der Waals surface area (Å²) < 4.78 is 16.7. The van der Waals surface area contributed by atoms with Crippen LogP contribution in [-0.4, -0.2) is 25.2 Å². The highest BCUT2D eigenvalue weighted by atomic mass is 35.5. The van der Waals surface area contributed by atoms with E-state index in [2.05, 4.69) is 5.32 Å². The second kappa shape index (κ2) is 9.94. The number of para-hydroxylation sites is 3. The number of carbonyl (C=O) groups excluding carboxylic acids is 1. The average Bonchev–Trinajstić information content (AvgIpc) is 3.11. The summed E-state index contributed by atoms with van der Waals surface area (Å²) in [5, 5.41) is 3.81. The lowest BCUT2D eigenvalue weighted by atomic mass is 10.1. The summed E-state index contributed by atoms with van der Waals surface area (Å²) in [6, 6.07) is 20.1. The number of amides is 1. The molecule has 4 rings (SSSR count). The van der Waals surface area contributed by atoms with Gasteiger partial charge in [0.05, 0.1) is 24.9 Å². The van der Waals surface area contributed by atoms with Crippen LogP contribution in [0.5, 0.6) is 17.2 Å². The molecule has 33 heavy (non-hydrogen) atoms. The van der Waals surface area contributed by atoms with Crippen molar-refractivity contribution in [3.05, 3.63) is 88.6 Å². The molecule has 0 aliphatic carbocycles. The summed E-state index contributed by atoms with van der Waals surface area (Å²) in [6.45, 7) is 0.247. The van der Waals surface area contributed by atoms with Crippen molar-refractivity contribution in [1.29, 1.82) is 0 Å². The number of ether oxygens (including phenoxy) is 3. The van der Waals surface area contributed by atoms with Crippen LogP contribution >= 0.6 is 23.8 Å². The molecule has 0 unspecified atom stereocenters. The number of nitrogens with one attached hydrogen (secondary N) is 1. The van der Waals surface area contributed by atoms with Gasteiger partial charge in [-0.2, -0.15) is 0 Å². The predicted molar refractivity (Wildman–Crippen MR) is 133 cm³/mol. The van der Waals surface area contributed by atoms with Crippen LogP contribution in [0.15, 0.2) is 72.4 Å². The molecule has 0 spiro atoms. The van der Waals surface area contributed by atoms with Gasteiger partial charge in [-0.3, -0.25) is 4.79 Å². The van der Waals surface area contributed by atoms with Crippen LogP contribution in [0.2, 0.25) is 5.02 Å². The summed E-state index contributed by atoms with van der Waals surface area (Å²) in [6.07, 6.45) is 1.74. The first-order valence-corrected chi connectivity index (χ1v) is 10.8. The fourth-order valence-electron chi connectivity index (χ4n) is 3.45. The van der Waals surface area contributed by atoms with Crippen LogP contribution in [0.25, 0.3) is 6.08 Å². The number of hydrogen-bond donors (Lipinski definition) is 1. The monoisotopic (exact) mass is 480 g/mol. The van der Waals surface area contributed by atoms with Gasteiger partial charge in [0.1, 0.15) is 29.6 Å². The number of carbonyl (C=O) groups is 1. The lowest BCUT2D eigenvalue weighted by molar-refractivity contribution is -0.113. The SMILES string of the molecule is COc1ccc(/C=C2/NC(=S)N(c3ccccc3OC)C2=O)cc1COc1ccccc1Cl. The number of halogens is 1. The van der Waals surface area contributed by atoms with Gasteiger partial charge in [0, 0.05) is 5.56 Å². The van der Waals surface area contributed by atoms with Gasteiger partial charge < -0.3 is 19.5 Å². The maximum absolute atomic E-state index is 13.1. The predicted octanol–water partition coefficient (Wildman–Crippen LogP) is 5.20. The number of thiocarbonyl (C=S) groups is 1. The Bertz CT molecular complexity index is 1240. The lowest BCUT2D eigenvalue weighted by Crippen LogP contribution is -2.30. The smallest absolute Gasteiger partial charge is 0.281 e. The zero-order valence-electron chi connectivity index (χ0n) is 18.0. The van der Waals surface area contributed by atoms with Gasteiger partial charge in [-0.25, -0.2) is 4.90 Å². The highest BCUT2D eigenvalue weighted by Gasteiger charge is 2.33. The Morgan fingerprint density at radius 2 is 1.67 bits per heavy atom. The summed E-state index contributed by atoms with van der Waals surface area (Å²) in [5.41, 5.74) is 2.53. The number of anilines is 1. The third-order valence-corrected chi connectivity index (χ3v) is 5.64. The second-order valence-electron chi connectivity index (χ2n) is 7.09. The molecule has 168 valence electrons. The van der Waals surface area contributed by atoms with Crippen LogP contribution in [0.3, 0.4) is 0 Å². The third kappa shape index (κ3) is 4.79. The number of benzene rings is 3. The van der Waals surface area contributed by atoms with E-state index >= 15 is 0 Å². The molecule has 0 bridgehead atoms. The van der Waals surface area contributed by atoms with Crippen molar-refractivity contribution in [3.8, 4) is 17.2 Å². The van der Waals surface area contributed by atoms with Crippen LogP contribution in [0.4, 0.5) is 5.69 Å². The molecule has 1 saturated heterocycles. The van der Waals surface area contributed by atoms with Crippen molar-refractivity contribution >= 4 is 46.6 Å². The minimum Gasteiger partial charge on any atom is -0.496 e. The molecule has 1 fully saturated rings. The molecule has 0 atom stereocenters. The van der Waals surface area contributed by atoms with Gasteiger partial charge in [-0.05, 0) is 60.3 Å². The topological polar surface area (TPSA) is 60.0 Å². The standard InChI is InChI=1S/C25H21ClN2O4S/c1-30-21-12-11-16(13-17(21)15-32-22-9-5-3-7-18(22)26)14-19-24(29)28(25(33)27-19)20-8-4-6-10-23(20)31-2/h3-14H,15H2,1-2H3,(H,27,33)/b19-14+. The van der Waals surface area contributed by atoms with Crippen molar-refractivity contribution in [2.45, 2.75) is 6.61 Å². The minimum absolute atomic E-state index is 0.247. The van der Waals surface area contributed by atoms with E-state index in [0.717, 1.165) is 11.1 Å². The van der Waals surface area contributed by atoms with E-state index in [-0.39, 0.29) is 17.6 Å². The number of nitrogens with zero attached hydrogens (tertiary/aromatic N) is 1. The first-order valence-electron chi connectivity index (χ1n) is 10.1. The van der Waals surface area contributed by atoms with E-state index in [4.69, 9.17) is 38.0 Å². The number of hydrogen-bond acceptors (Lipinski definition) is 5. The Kier molecular flexibility index (Phi) is 6.82. The van der Waals surface area contributed by atoms with Crippen molar-refractivity contribution in [2.24, 2.45) is 0 Å². The van der Waals surface area contributed by atoms with Gasteiger partial charge in [0.2, 0.25) is 0 Å². The highest BCUT2D eigenvalue weighted by Crippen LogP contribution is 2.32. The molecular formula is C25H21ClN2O4S. The van der Waals surface area contributed by atoms with Crippen LogP contribution in [0.1, 0.15) is 11.1 Å². The van der Waals surface area contributed by atoms with Gasteiger partial charge in [-0.15, -0.1) is 0 Å². The molecule has 1 aliphatic rings. The minimum atomic E-state index is -0.269. The zero-order chi connectivity index (χ0) is 23.4. The molecule has 6 nitrogen and oxygen atoms in total. The first kappa shape index (κ1) is 22.6. The maximum Gasteiger partial charge on any atom is 0.281 e. The van der Waals surface area contributed by atoms with Gasteiger partial charge in [-0.1, -0.05) is 41.9 Å².